The molecule has 3 atom stereocenters. The molecular formula is C20H36ClNO2. The summed E-state index contributed by atoms with van der Waals surface area (Å²) in [7, 11) is 0. The van der Waals surface area contributed by atoms with E-state index in [4.69, 9.17) is 4.74 Å². The summed E-state index contributed by atoms with van der Waals surface area (Å²) in [6, 6.07) is 1.21. The van der Waals surface area contributed by atoms with Gasteiger partial charge >= 0.3 is 0 Å². The molecule has 5 rings (SSSR count). The van der Waals surface area contributed by atoms with Crippen molar-refractivity contribution in [1.29, 1.82) is 0 Å². The van der Waals surface area contributed by atoms with Gasteiger partial charge in [0.15, 0.2) is 0 Å². The van der Waals surface area contributed by atoms with Crippen LogP contribution in [0.25, 0.3) is 0 Å². The summed E-state index contributed by atoms with van der Waals surface area (Å²) in [6.07, 6.45) is 11.7. The lowest BCUT2D eigenvalue weighted by molar-refractivity contribution is -0.177. The second-order valence-electron chi connectivity index (χ2n) is 9.39. The van der Waals surface area contributed by atoms with Crippen LogP contribution in [0.2, 0.25) is 0 Å². The predicted molar refractivity (Wildman–Crippen MR) is 99.6 cm³/mol. The van der Waals surface area contributed by atoms with Gasteiger partial charge in [-0.05, 0) is 83.0 Å². The normalized spacial score (nSPS) is 45.9. The maximum Gasteiger partial charge on any atom is 0.0900 e. The number of hydrogen-bond acceptors (Lipinski definition) is 3. The Balaban J connectivity index is 0.00000169. The van der Waals surface area contributed by atoms with Crippen LogP contribution in [0.1, 0.15) is 71.6 Å². The first-order valence-corrected chi connectivity index (χ1v) is 10.1. The van der Waals surface area contributed by atoms with Crippen molar-refractivity contribution in [1.82, 2.24) is 4.90 Å². The summed E-state index contributed by atoms with van der Waals surface area (Å²) in [5.41, 5.74) is 0.134. The molecule has 0 amide bonds. The molecule has 0 radical (unpaired) electrons. The van der Waals surface area contributed by atoms with Crippen molar-refractivity contribution in [2.45, 2.75) is 95.4 Å². The van der Waals surface area contributed by atoms with Gasteiger partial charge in [0.25, 0.3) is 0 Å². The van der Waals surface area contributed by atoms with Crippen LogP contribution in [0.5, 0.6) is 0 Å². The number of halogens is 1. The molecule has 4 saturated carbocycles. The number of nitrogens with zero attached hydrogens (tertiary/aromatic N) is 1. The van der Waals surface area contributed by atoms with E-state index in [1.165, 1.54) is 57.8 Å². The number of rotatable bonds is 5. The van der Waals surface area contributed by atoms with E-state index in [9.17, 15) is 5.11 Å². The number of aliphatic hydroxyl groups excluding tert-OH is 1. The van der Waals surface area contributed by atoms with Crippen molar-refractivity contribution >= 4 is 12.4 Å². The lowest BCUT2D eigenvalue weighted by Crippen LogP contribution is -2.53. The monoisotopic (exact) mass is 357 g/mol. The number of aliphatic hydroxyl groups is 1. The Labute approximate surface area is 153 Å². The highest BCUT2D eigenvalue weighted by Crippen LogP contribution is 2.57. The fraction of sp³-hybridized carbons (Fsp3) is 1.00. The molecule has 3 nitrogen and oxygen atoms in total. The first-order chi connectivity index (χ1) is 11.0. The van der Waals surface area contributed by atoms with Gasteiger partial charge in [-0.3, -0.25) is 4.90 Å². The van der Waals surface area contributed by atoms with Crippen molar-refractivity contribution in [3.05, 3.63) is 0 Å². The fourth-order valence-electron chi connectivity index (χ4n) is 6.61. The Bertz CT molecular complexity index is 385. The average Bonchev–Trinajstić information content (AvgIpc) is 2.48. The molecule has 4 aliphatic carbocycles. The lowest BCUT2D eigenvalue weighted by atomic mass is 9.54. The van der Waals surface area contributed by atoms with Crippen molar-refractivity contribution in [2.75, 3.05) is 13.2 Å². The van der Waals surface area contributed by atoms with Gasteiger partial charge in [0.1, 0.15) is 0 Å². The minimum atomic E-state index is -0.328. The molecule has 1 heterocycles. The van der Waals surface area contributed by atoms with Crippen LogP contribution in [-0.4, -0.2) is 46.9 Å². The number of piperidine rings is 1. The molecule has 0 aromatic carbocycles. The van der Waals surface area contributed by atoms with Crippen molar-refractivity contribution in [3.8, 4) is 0 Å². The van der Waals surface area contributed by atoms with Crippen LogP contribution >= 0.6 is 12.4 Å². The second-order valence-corrected chi connectivity index (χ2v) is 9.39. The van der Waals surface area contributed by atoms with Crippen LogP contribution in [0.4, 0.5) is 0 Å². The Hall–Kier alpha value is 0.170. The van der Waals surface area contributed by atoms with Gasteiger partial charge < -0.3 is 9.84 Å². The molecule has 4 heteroatoms. The summed E-state index contributed by atoms with van der Waals surface area (Å²) in [5, 5.41) is 10.6. The van der Waals surface area contributed by atoms with Gasteiger partial charge in [-0.15, -0.1) is 12.4 Å². The lowest BCUT2D eigenvalue weighted by Gasteiger charge is -2.56. The fourth-order valence-corrected chi connectivity index (χ4v) is 6.61. The van der Waals surface area contributed by atoms with Gasteiger partial charge in [0.2, 0.25) is 0 Å². The van der Waals surface area contributed by atoms with Crippen molar-refractivity contribution < 1.29 is 9.84 Å². The summed E-state index contributed by atoms with van der Waals surface area (Å²) < 4.78 is 6.44. The average molecular weight is 358 g/mol. The Morgan fingerprint density at radius 2 is 1.50 bits per heavy atom. The van der Waals surface area contributed by atoms with E-state index < -0.39 is 0 Å². The van der Waals surface area contributed by atoms with E-state index in [1.54, 1.807) is 0 Å². The van der Waals surface area contributed by atoms with E-state index in [1.807, 2.05) is 0 Å². The van der Waals surface area contributed by atoms with Gasteiger partial charge in [0.05, 0.1) is 18.3 Å². The van der Waals surface area contributed by atoms with Crippen molar-refractivity contribution in [3.63, 3.8) is 0 Å². The topological polar surface area (TPSA) is 32.7 Å². The third kappa shape index (κ3) is 3.79. The highest BCUT2D eigenvalue weighted by Gasteiger charge is 2.51. The molecule has 3 unspecified atom stereocenters. The molecule has 140 valence electrons. The third-order valence-electron chi connectivity index (χ3n) is 7.36. The molecule has 4 bridgehead atoms. The number of β-amino-alcohol motifs (C(OH)–C–C–N with tert-alkyl or cyclic N) is 1. The summed E-state index contributed by atoms with van der Waals surface area (Å²) >= 11 is 0. The maximum absolute atomic E-state index is 10.6. The van der Waals surface area contributed by atoms with Crippen LogP contribution in [-0.2, 0) is 4.74 Å². The number of hydrogen-bond donors (Lipinski definition) is 1. The first kappa shape index (κ1) is 18.9. The zero-order valence-electron chi connectivity index (χ0n) is 15.5. The highest BCUT2D eigenvalue weighted by atomic mass is 35.5. The van der Waals surface area contributed by atoms with E-state index in [-0.39, 0.29) is 24.1 Å². The first-order valence-electron chi connectivity index (χ1n) is 10.1. The van der Waals surface area contributed by atoms with Gasteiger partial charge in [0, 0.05) is 18.6 Å². The third-order valence-corrected chi connectivity index (χ3v) is 7.36. The van der Waals surface area contributed by atoms with Gasteiger partial charge in [-0.25, -0.2) is 0 Å². The maximum atomic E-state index is 10.6. The van der Waals surface area contributed by atoms with Crippen molar-refractivity contribution in [2.24, 2.45) is 17.8 Å². The zero-order chi connectivity index (χ0) is 16.0. The molecule has 0 aromatic rings. The van der Waals surface area contributed by atoms with E-state index in [2.05, 4.69) is 18.7 Å². The molecule has 0 spiro atoms. The zero-order valence-corrected chi connectivity index (χ0v) is 16.3. The van der Waals surface area contributed by atoms with E-state index in [0.717, 1.165) is 24.3 Å². The standard InChI is InChI=1S/C20H35NO2.ClH/c1-14-4-3-5-15(2)21(14)12-19(22)13-23-20-9-16-6-17(10-20)8-18(7-16)11-20;/h14-19,22H,3-13H2,1-2H3;1H. The Morgan fingerprint density at radius 3 is 2.00 bits per heavy atom. The quantitative estimate of drug-likeness (QED) is 0.806. The van der Waals surface area contributed by atoms with Crippen LogP contribution in [0, 0.1) is 17.8 Å². The Morgan fingerprint density at radius 1 is 1.00 bits per heavy atom. The van der Waals surface area contributed by atoms with Crippen LogP contribution in [0.15, 0.2) is 0 Å². The van der Waals surface area contributed by atoms with Crippen LogP contribution < -0.4 is 0 Å². The molecular weight excluding hydrogens is 322 g/mol. The smallest absolute Gasteiger partial charge is 0.0900 e. The minimum absolute atomic E-state index is 0. The number of likely N-dealkylation sites (tertiary alicyclic amines) is 1. The summed E-state index contributed by atoms with van der Waals surface area (Å²) in [4.78, 5) is 2.50. The van der Waals surface area contributed by atoms with Gasteiger partial charge in [-0.1, -0.05) is 6.42 Å². The SMILES string of the molecule is CC1CCCC(C)N1CC(O)COC12CC3CC(CC(C3)C1)C2.Cl. The van der Waals surface area contributed by atoms with Crippen LogP contribution in [0.3, 0.4) is 0 Å². The largest absolute Gasteiger partial charge is 0.389 e. The molecule has 1 N–H and O–H groups in total. The van der Waals surface area contributed by atoms with E-state index >= 15 is 0 Å². The Kier molecular flexibility index (Phi) is 5.86. The molecule has 5 aliphatic rings. The molecule has 1 saturated heterocycles. The van der Waals surface area contributed by atoms with E-state index in [0.29, 0.717) is 18.7 Å². The molecule has 1 aliphatic heterocycles. The minimum Gasteiger partial charge on any atom is -0.389 e. The molecule has 24 heavy (non-hydrogen) atoms. The molecule has 0 aromatic heterocycles. The highest BCUT2D eigenvalue weighted by molar-refractivity contribution is 5.85. The summed E-state index contributed by atoms with van der Waals surface area (Å²) in [6.45, 7) is 5.95. The second kappa shape index (κ2) is 7.42. The summed E-state index contributed by atoms with van der Waals surface area (Å²) in [5.74, 6) is 2.75. The van der Waals surface area contributed by atoms with Gasteiger partial charge in [-0.2, -0.15) is 0 Å². The predicted octanol–water partition coefficient (Wildman–Crippen LogP) is 4.02. The molecule has 5 fully saturated rings. The number of ether oxygens (including phenoxy) is 1.